The van der Waals surface area contributed by atoms with E-state index >= 15 is 9.59 Å². The molecule has 1 saturated carbocycles. The number of nitrogens with zero attached hydrogens (tertiary/aromatic N) is 1. The lowest BCUT2D eigenvalue weighted by Crippen LogP contribution is -2.64. The van der Waals surface area contributed by atoms with Crippen LogP contribution in [0.15, 0.2) is 49.1 Å². The second-order valence-electron chi connectivity index (χ2n) is 31.6. The molecule has 3 fully saturated rings. The molecule has 29 aromatic rings. The van der Waals surface area contributed by atoms with Gasteiger partial charge in [-0.3, -0.25) is 14.5 Å². The van der Waals surface area contributed by atoms with E-state index in [1.165, 1.54) is 7.11 Å². The number of rotatable bonds is 2. The third kappa shape index (κ3) is 1.84. The zero-order valence-corrected chi connectivity index (χ0v) is 44.6. The van der Waals surface area contributed by atoms with E-state index in [0.29, 0.717) is 12.8 Å². The Morgan fingerprint density at radius 2 is 0.767 bits per heavy atom. The highest BCUT2D eigenvalue weighted by Gasteiger charge is 2.90. The van der Waals surface area contributed by atoms with Gasteiger partial charge in [0, 0.05) is 34.6 Å². The number of ether oxygens (including phenoxy) is 1. The van der Waals surface area contributed by atoms with E-state index in [1.807, 2.05) is 0 Å². The third-order valence-corrected chi connectivity index (χ3v) is 31.7. The SMILES string of the molecule is C=C[C@]12C=C[C@@H]3N4[C@H](C[C@@]5(c6ccccc6NC(=O)[C@]5(C(=O)OC)C1)[C@@H]42)C12c4c5c6c7c8c9c(c%10c%11c1c1c4c4c%12c5c5c6c6c8c8c%13c9c9c%10c%10c%11c%11c1c1c4c4c%12c%12c5c5c6c8c6c8c%13c9c9c%10c%10c%11c1c1c4c4c%12c5c6c5c8c9c%10c1c45)C732. The van der Waals surface area contributed by atoms with Crippen molar-refractivity contribution in [2.24, 2.45) is 10.8 Å². The average molecular weight is 1070 g/mol. The van der Waals surface area contributed by atoms with Crippen LogP contribution in [0.1, 0.15) is 40.7 Å². The van der Waals surface area contributed by atoms with Crippen molar-refractivity contribution in [3.63, 3.8) is 0 Å². The molecule has 4 heterocycles. The quantitative estimate of drug-likeness (QED) is 0.0811. The van der Waals surface area contributed by atoms with E-state index in [1.54, 1.807) is 313 Å². The number of para-hydroxylation sites is 1. The van der Waals surface area contributed by atoms with Crippen molar-refractivity contribution in [3.05, 3.63) is 76.9 Å². The average Bonchev–Trinajstić information content (AvgIpc) is 1.38. The molecular formula is C81H20N2O3. The van der Waals surface area contributed by atoms with Crippen LogP contribution >= 0.6 is 0 Å². The minimum atomic E-state index is -1.51. The van der Waals surface area contributed by atoms with Crippen LogP contribution in [-0.4, -0.2) is 42.0 Å². The molecule has 5 heteroatoms. The van der Waals surface area contributed by atoms with E-state index in [4.69, 9.17) is 11.3 Å². The standard InChI is InChI=1S/C81H20N2O3/c1-3-77-9-8-14-80-70-62-54-44-34-26-18-16-17-20-24-22(18)30-38-32(24)42-36-28(20)29-21(17)25-23-19(16)27(26)35-41-31(23)39-33(25)43-37(29)47-46(36)56-50(42)60-52(38)58(48(54)40(30)34)64(70)68(60)72-66(56)67-57(47)51(43)61-53(39)59-49(41)55(45(35)44)63(62)71(80)65(59)69(61)73(67)81(72,80)15-10-78(74(77)83(14)15)12-6-4-5-7-13(12)82-75(84)79(78,11-77)76(85)86-2/h3-9,14-15,74H,1,10-11H2,2H3,(H,82,84)/t14-,15+,74-,77-,78+,79-,80?,81?/m0/s1. The van der Waals surface area contributed by atoms with Crippen LogP contribution < -0.4 is 5.32 Å². The molecule has 9 aliphatic rings. The molecule has 0 aromatic heterocycles. The third-order valence-electron chi connectivity index (χ3n) is 31.7. The summed E-state index contributed by atoms with van der Waals surface area (Å²) in [5.74, 6) is -0.614. The molecule has 3 spiro atoms. The molecule has 6 atom stereocenters. The zero-order valence-electron chi connectivity index (χ0n) is 44.6. The smallest absolute Gasteiger partial charge is 0.322 e. The van der Waals surface area contributed by atoms with E-state index in [0.717, 1.165) is 11.3 Å². The topological polar surface area (TPSA) is 58.6 Å². The lowest BCUT2D eigenvalue weighted by Gasteiger charge is -2.56. The van der Waals surface area contributed by atoms with Crippen LogP contribution in [0.2, 0.25) is 0 Å². The normalized spacial score (nSPS) is 30.5. The molecule has 2 saturated heterocycles. The van der Waals surface area contributed by atoms with Crippen molar-refractivity contribution in [3.8, 4) is 0 Å². The molecule has 5 nitrogen and oxygen atoms in total. The summed E-state index contributed by atoms with van der Waals surface area (Å²) in [5.41, 5.74) is 4.24. The Hall–Kier alpha value is -9.94. The Balaban J connectivity index is 0.962. The molecule has 372 valence electrons. The largest absolute Gasteiger partial charge is 0.468 e. The van der Waals surface area contributed by atoms with Crippen LogP contribution in [0.4, 0.5) is 5.69 Å². The Morgan fingerprint density at radius 1 is 0.465 bits per heavy atom. The fraction of sp³-hybridized carbons (Fsp3) is 0.136. The molecule has 0 radical (unpaired) electrons. The predicted molar refractivity (Wildman–Crippen MR) is 349 cm³/mol. The number of nitrogens with one attached hydrogen (secondary N) is 1. The van der Waals surface area contributed by atoms with Gasteiger partial charge in [-0.2, -0.15) is 0 Å². The lowest BCUT2D eigenvalue weighted by atomic mass is 9.44. The maximum atomic E-state index is 16.1. The summed E-state index contributed by atoms with van der Waals surface area (Å²) in [6.07, 6.45) is 8.45. The highest BCUT2D eigenvalue weighted by Crippen LogP contribution is 2.90. The van der Waals surface area contributed by atoms with Crippen LogP contribution in [0.5, 0.6) is 0 Å². The summed E-state index contributed by atoms with van der Waals surface area (Å²) >= 11 is 0. The van der Waals surface area contributed by atoms with Crippen LogP contribution in [0.3, 0.4) is 0 Å². The predicted octanol–water partition coefficient (Wildman–Crippen LogP) is 18.3. The number of hydrogen-bond acceptors (Lipinski definition) is 4. The molecule has 0 unspecified atom stereocenters. The van der Waals surface area contributed by atoms with Crippen LogP contribution in [-0.2, 0) is 30.6 Å². The van der Waals surface area contributed by atoms with E-state index in [-0.39, 0.29) is 24.0 Å². The molecule has 1 N–H and O–H groups in total. The first-order valence-corrected chi connectivity index (χ1v) is 31.9. The van der Waals surface area contributed by atoms with Crippen molar-refractivity contribution < 1.29 is 14.3 Å². The second kappa shape index (κ2) is 7.85. The Morgan fingerprint density at radius 3 is 1.08 bits per heavy atom. The van der Waals surface area contributed by atoms with Gasteiger partial charge < -0.3 is 10.1 Å². The zero-order chi connectivity index (χ0) is 52.4. The highest BCUT2D eigenvalue weighted by atomic mass is 16.5. The van der Waals surface area contributed by atoms with Gasteiger partial charge in [-0.15, -0.1) is 6.58 Å². The van der Waals surface area contributed by atoms with Gasteiger partial charge in [0.15, 0.2) is 5.41 Å². The number of amides is 1. The van der Waals surface area contributed by atoms with Crippen molar-refractivity contribution in [1.82, 2.24) is 4.90 Å². The van der Waals surface area contributed by atoms with Crippen LogP contribution in [0.25, 0.3) is 291 Å². The molecule has 29 aromatic carbocycles. The summed E-state index contributed by atoms with van der Waals surface area (Å²) in [5, 5.41) is 89.7. The van der Waals surface area contributed by atoms with Gasteiger partial charge in [0.25, 0.3) is 0 Å². The number of carbonyl (C=O) groups is 2. The fourth-order valence-electron chi connectivity index (χ4n) is 31.7. The summed E-state index contributed by atoms with van der Waals surface area (Å²) in [7, 11) is 1.53. The maximum absolute atomic E-state index is 16.1. The van der Waals surface area contributed by atoms with E-state index in [2.05, 4.69) is 52.7 Å². The first-order chi connectivity index (χ1) is 42.5. The monoisotopic (exact) mass is 1070 g/mol. The van der Waals surface area contributed by atoms with Gasteiger partial charge in [0.05, 0.1) is 17.9 Å². The molecule has 0 bridgehead atoms. The second-order valence-corrected chi connectivity index (χ2v) is 31.6. The number of esters is 1. The molecule has 86 heavy (non-hydrogen) atoms. The summed E-state index contributed by atoms with van der Waals surface area (Å²) in [4.78, 5) is 35.1. The molecular weight excluding hydrogens is 1050 g/mol. The fourth-order valence-corrected chi connectivity index (χ4v) is 31.7. The van der Waals surface area contributed by atoms with Crippen molar-refractivity contribution in [2.75, 3.05) is 12.4 Å². The number of anilines is 1. The summed E-state index contributed by atoms with van der Waals surface area (Å²) in [6.45, 7) is 4.84. The van der Waals surface area contributed by atoms with Crippen molar-refractivity contribution in [2.45, 2.75) is 47.2 Å². The summed E-state index contributed by atoms with van der Waals surface area (Å²) in [6, 6.07) is 8.22. The first-order valence-electron chi connectivity index (χ1n) is 31.9. The van der Waals surface area contributed by atoms with Gasteiger partial charge in [-0.25, -0.2) is 0 Å². The number of carbonyl (C=O) groups excluding carboxylic acids is 2. The van der Waals surface area contributed by atoms with Crippen molar-refractivity contribution in [1.29, 1.82) is 0 Å². The molecule has 1 amide bonds. The van der Waals surface area contributed by atoms with E-state index in [9.17, 15) is 0 Å². The molecule has 5 aliphatic carbocycles. The minimum absolute atomic E-state index is 0.0914. The number of hydrogen-bond donors (Lipinski definition) is 1. The van der Waals surface area contributed by atoms with Gasteiger partial charge in [0.2, 0.25) is 5.91 Å². The Labute approximate surface area is 472 Å². The number of methoxy groups -OCH3 is 1. The van der Waals surface area contributed by atoms with E-state index < -0.39 is 33.0 Å². The lowest BCUT2D eigenvalue weighted by molar-refractivity contribution is -0.162. The highest BCUT2D eigenvalue weighted by molar-refractivity contribution is 6.82. The van der Waals surface area contributed by atoms with Crippen LogP contribution in [0, 0.1) is 10.8 Å². The minimum Gasteiger partial charge on any atom is -0.468 e. The van der Waals surface area contributed by atoms with Gasteiger partial charge >= 0.3 is 5.97 Å². The Bertz CT molecular complexity index is 8230. The molecule has 38 rings (SSSR count). The number of fused-ring (bicyclic) bond motifs is 1. The summed E-state index contributed by atoms with van der Waals surface area (Å²) < 4.78 is 6.17. The maximum Gasteiger partial charge on any atom is 0.322 e. The Kier molecular flexibility index (Phi) is 3.11. The molecule has 4 aliphatic heterocycles. The van der Waals surface area contributed by atoms with Gasteiger partial charge in [-0.1, -0.05) is 36.4 Å². The van der Waals surface area contributed by atoms with Crippen molar-refractivity contribution >= 4 is 308 Å². The van der Waals surface area contributed by atoms with Gasteiger partial charge in [0.1, 0.15) is 0 Å². The first kappa shape index (κ1) is 34.1. The van der Waals surface area contributed by atoms with Gasteiger partial charge in [-0.05, 0) is 338 Å². The number of benzene rings is 19.